The SMILES string of the molecule is Cc1nc(C(C)C)[nH]c(=O)c1C(=O)Nc1cccc(CS(=O)(=O)C(C)(C)C)c1. The lowest BCUT2D eigenvalue weighted by molar-refractivity contribution is 0.102. The van der Waals surface area contributed by atoms with Crippen molar-refractivity contribution >= 4 is 21.4 Å². The Morgan fingerprint density at radius 1 is 1.25 bits per heavy atom. The summed E-state index contributed by atoms with van der Waals surface area (Å²) in [5.41, 5.74) is 0.763. The Morgan fingerprint density at radius 2 is 1.89 bits per heavy atom. The van der Waals surface area contributed by atoms with E-state index in [1.807, 2.05) is 13.8 Å². The lowest BCUT2D eigenvalue weighted by atomic mass is 10.1. The van der Waals surface area contributed by atoms with E-state index >= 15 is 0 Å². The second-order valence-corrected chi connectivity index (χ2v) is 10.8. The van der Waals surface area contributed by atoms with Gasteiger partial charge in [-0.3, -0.25) is 9.59 Å². The van der Waals surface area contributed by atoms with Gasteiger partial charge in [0.1, 0.15) is 11.4 Å². The molecule has 0 aliphatic heterocycles. The number of aromatic nitrogens is 2. The minimum Gasteiger partial charge on any atom is -0.322 e. The Kier molecular flexibility index (Phi) is 6.13. The van der Waals surface area contributed by atoms with E-state index in [0.717, 1.165) is 0 Å². The molecule has 0 saturated heterocycles. The number of benzene rings is 1. The number of aromatic amines is 1. The third-order valence-electron chi connectivity index (χ3n) is 4.37. The first-order valence-corrected chi connectivity index (χ1v) is 10.7. The smallest absolute Gasteiger partial charge is 0.264 e. The lowest BCUT2D eigenvalue weighted by Crippen LogP contribution is -2.29. The molecule has 0 saturated carbocycles. The Hall–Kier alpha value is -2.48. The minimum absolute atomic E-state index is 0.0324. The number of aryl methyl sites for hydroxylation is 1. The van der Waals surface area contributed by atoms with Crippen LogP contribution in [0.3, 0.4) is 0 Å². The van der Waals surface area contributed by atoms with Crippen molar-refractivity contribution in [3.63, 3.8) is 0 Å². The van der Waals surface area contributed by atoms with Crippen LogP contribution in [0.15, 0.2) is 29.1 Å². The maximum Gasteiger partial charge on any atom is 0.264 e. The van der Waals surface area contributed by atoms with Gasteiger partial charge in [0.05, 0.1) is 16.2 Å². The molecule has 2 aromatic rings. The zero-order valence-electron chi connectivity index (χ0n) is 17.1. The third kappa shape index (κ3) is 4.86. The molecule has 28 heavy (non-hydrogen) atoms. The maximum atomic E-state index is 12.6. The number of carbonyl (C=O) groups is 1. The molecule has 1 amide bonds. The quantitative estimate of drug-likeness (QED) is 0.794. The summed E-state index contributed by atoms with van der Waals surface area (Å²) in [5, 5.41) is 2.66. The lowest BCUT2D eigenvalue weighted by Gasteiger charge is -2.19. The van der Waals surface area contributed by atoms with Gasteiger partial charge in [-0.2, -0.15) is 0 Å². The average molecular weight is 406 g/mol. The van der Waals surface area contributed by atoms with Crippen LogP contribution < -0.4 is 10.9 Å². The summed E-state index contributed by atoms with van der Waals surface area (Å²) >= 11 is 0. The number of nitrogens with one attached hydrogen (secondary N) is 2. The number of anilines is 1. The van der Waals surface area contributed by atoms with Crippen molar-refractivity contribution < 1.29 is 13.2 Å². The standard InChI is InChI=1S/C20H27N3O4S/c1-12(2)17-21-13(3)16(19(25)23-17)18(24)22-15-9-7-8-14(10-15)11-28(26,27)20(4,5)6/h7-10,12H,11H2,1-6H3,(H,22,24)(H,21,23,25). The van der Waals surface area contributed by atoms with E-state index in [2.05, 4.69) is 15.3 Å². The van der Waals surface area contributed by atoms with E-state index in [1.54, 1.807) is 52.0 Å². The van der Waals surface area contributed by atoms with Gasteiger partial charge in [0.2, 0.25) is 0 Å². The number of amides is 1. The number of rotatable bonds is 5. The molecule has 0 fully saturated rings. The molecule has 0 spiro atoms. The van der Waals surface area contributed by atoms with Gasteiger partial charge in [-0.1, -0.05) is 26.0 Å². The number of H-pyrrole nitrogens is 1. The van der Waals surface area contributed by atoms with Gasteiger partial charge in [0, 0.05) is 11.6 Å². The zero-order valence-corrected chi connectivity index (χ0v) is 17.9. The number of nitrogens with zero attached hydrogens (tertiary/aromatic N) is 1. The fourth-order valence-electron chi connectivity index (χ4n) is 2.52. The summed E-state index contributed by atoms with van der Waals surface area (Å²) in [4.78, 5) is 31.9. The molecule has 1 aromatic heterocycles. The van der Waals surface area contributed by atoms with Gasteiger partial charge in [-0.25, -0.2) is 13.4 Å². The number of hydrogen-bond acceptors (Lipinski definition) is 5. The van der Waals surface area contributed by atoms with Gasteiger partial charge < -0.3 is 10.3 Å². The number of hydrogen-bond donors (Lipinski definition) is 2. The molecule has 0 aliphatic carbocycles. The van der Waals surface area contributed by atoms with Crippen LogP contribution in [0.5, 0.6) is 0 Å². The van der Waals surface area contributed by atoms with Crippen LogP contribution >= 0.6 is 0 Å². The Balaban J connectivity index is 2.28. The highest BCUT2D eigenvalue weighted by atomic mass is 32.2. The highest BCUT2D eigenvalue weighted by Gasteiger charge is 2.29. The second kappa shape index (κ2) is 7.87. The zero-order chi connectivity index (χ0) is 21.3. The van der Waals surface area contributed by atoms with Crippen molar-refractivity contribution in [3.05, 3.63) is 57.3 Å². The summed E-state index contributed by atoms with van der Waals surface area (Å²) in [7, 11) is -3.35. The molecule has 0 bridgehead atoms. The van der Waals surface area contributed by atoms with Gasteiger partial charge in [-0.05, 0) is 45.4 Å². The largest absolute Gasteiger partial charge is 0.322 e. The van der Waals surface area contributed by atoms with E-state index in [-0.39, 0.29) is 17.2 Å². The number of carbonyl (C=O) groups excluding carboxylic acids is 1. The van der Waals surface area contributed by atoms with Crippen molar-refractivity contribution in [1.82, 2.24) is 9.97 Å². The molecule has 7 nitrogen and oxygen atoms in total. The van der Waals surface area contributed by atoms with E-state index in [9.17, 15) is 18.0 Å². The van der Waals surface area contributed by atoms with E-state index in [1.165, 1.54) is 0 Å². The summed E-state index contributed by atoms with van der Waals surface area (Å²) < 4.78 is 23.9. The fraction of sp³-hybridized carbons (Fsp3) is 0.450. The third-order valence-corrected chi connectivity index (χ3v) is 6.95. The van der Waals surface area contributed by atoms with Gasteiger partial charge >= 0.3 is 0 Å². The van der Waals surface area contributed by atoms with E-state index < -0.39 is 26.1 Å². The molecule has 0 aliphatic rings. The van der Waals surface area contributed by atoms with Gasteiger partial charge in [-0.15, -0.1) is 0 Å². The van der Waals surface area contributed by atoms with Crippen LogP contribution in [0.4, 0.5) is 5.69 Å². The first kappa shape index (κ1) is 21.8. The summed E-state index contributed by atoms with van der Waals surface area (Å²) in [6, 6.07) is 6.60. The molecule has 0 atom stereocenters. The predicted molar refractivity (Wildman–Crippen MR) is 110 cm³/mol. The molecule has 1 heterocycles. The van der Waals surface area contributed by atoms with Gasteiger partial charge in [0.25, 0.3) is 11.5 Å². The Labute approximate surface area is 165 Å². The topological polar surface area (TPSA) is 109 Å². The molecular weight excluding hydrogens is 378 g/mol. The Bertz CT molecular complexity index is 1050. The molecule has 152 valence electrons. The van der Waals surface area contributed by atoms with Crippen molar-refractivity contribution in [2.24, 2.45) is 0 Å². The van der Waals surface area contributed by atoms with Crippen molar-refractivity contribution in [2.45, 2.75) is 58.0 Å². The van der Waals surface area contributed by atoms with E-state index in [0.29, 0.717) is 22.8 Å². The van der Waals surface area contributed by atoms with Crippen LogP contribution in [0.25, 0.3) is 0 Å². The van der Waals surface area contributed by atoms with E-state index in [4.69, 9.17) is 0 Å². The summed E-state index contributed by atoms with van der Waals surface area (Å²) in [5.74, 6) is -0.166. The normalized spacial score (nSPS) is 12.2. The summed E-state index contributed by atoms with van der Waals surface area (Å²) in [6.45, 7) is 10.4. The predicted octanol–water partition coefficient (Wildman–Crippen LogP) is 3.17. The van der Waals surface area contributed by atoms with Crippen LogP contribution in [-0.4, -0.2) is 29.0 Å². The molecule has 2 N–H and O–H groups in total. The van der Waals surface area contributed by atoms with Crippen LogP contribution in [0.2, 0.25) is 0 Å². The summed E-state index contributed by atoms with van der Waals surface area (Å²) in [6.07, 6.45) is 0. The highest BCUT2D eigenvalue weighted by Crippen LogP contribution is 2.22. The molecule has 0 radical (unpaired) electrons. The average Bonchev–Trinajstić information content (AvgIpc) is 2.52. The first-order valence-electron chi connectivity index (χ1n) is 9.05. The first-order chi connectivity index (χ1) is 12.8. The van der Waals surface area contributed by atoms with Crippen molar-refractivity contribution in [1.29, 1.82) is 0 Å². The van der Waals surface area contributed by atoms with Crippen LogP contribution in [0.1, 0.15) is 68.0 Å². The fourth-order valence-corrected chi connectivity index (χ4v) is 3.57. The van der Waals surface area contributed by atoms with Crippen molar-refractivity contribution in [3.8, 4) is 0 Å². The maximum absolute atomic E-state index is 12.6. The van der Waals surface area contributed by atoms with Crippen LogP contribution in [0, 0.1) is 6.92 Å². The molecular formula is C20H27N3O4S. The highest BCUT2D eigenvalue weighted by molar-refractivity contribution is 7.91. The molecule has 0 unspecified atom stereocenters. The van der Waals surface area contributed by atoms with Crippen LogP contribution in [-0.2, 0) is 15.6 Å². The van der Waals surface area contributed by atoms with Gasteiger partial charge in [0.15, 0.2) is 9.84 Å². The monoisotopic (exact) mass is 405 g/mol. The minimum atomic E-state index is -3.35. The Morgan fingerprint density at radius 3 is 2.43 bits per heavy atom. The van der Waals surface area contributed by atoms with Crippen molar-refractivity contribution in [2.75, 3.05) is 5.32 Å². The molecule has 8 heteroatoms. The molecule has 1 aromatic carbocycles. The second-order valence-electron chi connectivity index (χ2n) is 8.09. The number of sulfone groups is 1. The molecule has 2 rings (SSSR count).